The zero-order valence-corrected chi connectivity index (χ0v) is 9.55. The van der Waals surface area contributed by atoms with Crippen LogP contribution < -0.4 is 4.72 Å². The van der Waals surface area contributed by atoms with Crippen LogP contribution >= 0.6 is 0 Å². The van der Waals surface area contributed by atoms with E-state index in [1.807, 2.05) is 0 Å². The lowest BCUT2D eigenvalue weighted by molar-refractivity contribution is -0.134. The van der Waals surface area contributed by atoms with Gasteiger partial charge in [-0.25, -0.2) is 13.1 Å². The van der Waals surface area contributed by atoms with E-state index in [9.17, 15) is 13.2 Å². The summed E-state index contributed by atoms with van der Waals surface area (Å²) < 4.78 is 29.1. The molecule has 0 saturated carbocycles. The molecule has 0 amide bonds. The number of aliphatic carboxylic acids is 1. The molecule has 0 aromatic carbocycles. The summed E-state index contributed by atoms with van der Waals surface area (Å²) in [5, 5.41) is 8.29. The molecule has 0 unspecified atom stereocenters. The van der Waals surface area contributed by atoms with E-state index in [-0.39, 0.29) is 6.54 Å². The van der Waals surface area contributed by atoms with Crippen molar-refractivity contribution in [3.05, 3.63) is 0 Å². The lowest BCUT2D eigenvalue weighted by Crippen LogP contribution is -2.30. The largest absolute Gasteiger partial charge is 0.480 e. The van der Waals surface area contributed by atoms with Crippen molar-refractivity contribution in [2.24, 2.45) is 0 Å². The number of methoxy groups -OCH3 is 1. The molecule has 0 bridgehead atoms. The molecular weight excluding hydrogens is 222 g/mol. The molecule has 0 radical (unpaired) electrons. The highest BCUT2D eigenvalue weighted by Gasteiger charge is 2.13. The molecule has 0 rings (SSSR count). The summed E-state index contributed by atoms with van der Waals surface area (Å²) in [6.45, 7) is 0.932. The van der Waals surface area contributed by atoms with Crippen molar-refractivity contribution in [2.75, 3.05) is 26.0 Å². The molecule has 6 nitrogen and oxygen atoms in total. The van der Waals surface area contributed by atoms with Crippen LogP contribution in [0.1, 0.15) is 19.3 Å². The van der Waals surface area contributed by atoms with Crippen molar-refractivity contribution >= 4 is 16.0 Å². The Balaban J connectivity index is 3.54. The van der Waals surface area contributed by atoms with E-state index in [2.05, 4.69) is 4.72 Å². The molecule has 0 aliphatic heterocycles. The summed E-state index contributed by atoms with van der Waals surface area (Å²) in [6.07, 6.45) is 2.41. The number of hydrogen-bond acceptors (Lipinski definition) is 4. The number of carboxylic acids is 1. The SMILES string of the molecule is COCCCCCNS(=O)(=O)CC(=O)O. The van der Waals surface area contributed by atoms with Gasteiger partial charge in [-0.2, -0.15) is 0 Å². The number of unbranched alkanes of at least 4 members (excludes halogenated alkanes) is 2. The molecule has 0 atom stereocenters. The van der Waals surface area contributed by atoms with Gasteiger partial charge in [0.15, 0.2) is 5.75 Å². The Bertz CT molecular complexity index is 275. The van der Waals surface area contributed by atoms with Crippen LogP contribution in [-0.4, -0.2) is 45.5 Å². The van der Waals surface area contributed by atoms with Crippen molar-refractivity contribution < 1.29 is 23.1 Å². The van der Waals surface area contributed by atoms with Crippen molar-refractivity contribution in [1.29, 1.82) is 0 Å². The molecule has 0 aromatic rings. The Morgan fingerprint density at radius 2 is 2.00 bits per heavy atom. The lowest BCUT2D eigenvalue weighted by Gasteiger charge is -2.04. The standard InChI is InChI=1S/C8H17NO5S/c1-14-6-4-2-3-5-9-15(12,13)7-8(10)11/h9H,2-7H2,1H3,(H,10,11). The molecule has 90 valence electrons. The van der Waals surface area contributed by atoms with E-state index in [1.165, 1.54) is 0 Å². The zero-order valence-electron chi connectivity index (χ0n) is 8.73. The van der Waals surface area contributed by atoms with Crippen LogP contribution in [0, 0.1) is 0 Å². The van der Waals surface area contributed by atoms with Crippen molar-refractivity contribution in [3.8, 4) is 0 Å². The number of sulfonamides is 1. The molecule has 0 spiro atoms. The minimum absolute atomic E-state index is 0.277. The number of carboxylic acid groups (broad SMARTS) is 1. The quantitative estimate of drug-likeness (QED) is 0.544. The second-order valence-electron chi connectivity index (χ2n) is 3.10. The fourth-order valence-electron chi connectivity index (χ4n) is 0.989. The van der Waals surface area contributed by atoms with Crippen LogP contribution in [0.15, 0.2) is 0 Å². The van der Waals surface area contributed by atoms with Gasteiger partial charge in [-0.3, -0.25) is 4.79 Å². The first-order valence-corrected chi connectivity index (χ1v) is 6.31. The minimum atomic E-state index is -3.65. The van der Waals surface area contributed by atoms with Gasteiger partial charge in [-0.05, 0) is 19.3 Å². The molecule has 2 N–H and O–H groups in total. The van der Waals surface area contributed by atoms with E-state index in [0.717, 1.165) is 12.8 Å². The molecule has 15 heavy (non-hydrogen) atoms. The molecule has 7 heteroatoms. The van der Waals surface area contributed by atoms with Gasteiger partial charge < -0.3 is 9.84 Å². The van der Waals surface area contributed by atoms with Crippen LogP contribution in [-0.2, 0) is 19.6 Å². The summed E-state index contributed by atoms with van der Waals surface area (Å²) in [5.41, 5.74) is 0. The van der Waals surface area contributed by atoms with E-state index >= 15 is 0 Å². The van der Waals surface area contributed by atoms with E-state index in [4.69, 9.17) is 9.84 Å². The second kappa shape index (κ2) is 7.61. The van der Waals surface area contributed by atoms with Crippen LogP contribution in [0.5, 0.6) is 0 Å². The van der Waals surface area contributed by atoms with Gasteiger partial charge in [0.25, 0.3) is 0 Å². The van der Waals surface area contributed by atoms with Crippen LogP contribution in [0.2, 0.25) is 0 Å². The van der Waals surface area contributed by atoms with E-state index in [1.54, 1.807) is 7.11 Å². The maximum atomic E-state index is 11.0. The summed E-state index contributed by atoms with van der Waals surface area (Å²) in [5.74, 6) is -2.22. The van der Waals surface area contributed by atoms with Crippen LogP contribution in [0.25, 0.3) is 0 Å². The highest BCUT2D eigenvalue weighted by Crippen LogP contribution is 1.95. The Hall–Kier alpha value is -0.660. The fraction of sp³-hybridized carbons (Fsp3) is 0.875. The first-order valence-electron chi connectivity index (χ1n) is 4.66. The van der Waals surface area contributed by atoms with Gasteiger partial charge >= 0.3 is 5.97 Å². The van der Waals surface area contributed by atoms with E-state index in [0.29, 0.717) is 13.0 Å². The summed E-state index contributed by atoms with van der Waals surface area (Å²) in [4.78, 5) is 10.2. The third-order valence-corrected chi connectivity index (χ3v) is 2.93. The molecule has 0 heterocycles. The normalized spacial score (nSPS) is 11.5. The first-order chi connectivity index (χ1) is 6.98. The minimum Gasteiger partial charge on any atom is -0.480 e. The highest BCUT2D eigenvalue weighted by molar-refractivity contribution is 7.90. The second-order valence-corrected chi connectivity index (χ2v) is 4.91. The average molecular weight is 239 g/mol. The first kappa shape index (κ1) is 14.3. The maximum Gasteiger partial charge on any atom is 0.320 e. The highest BCUT2D eigenvalue weighted by atomic mass is 32.2. The van der Waals surface area contributed by atoms with Crippen LogP contribution in [0.4, 0.5) is 0 Å². The molecule has 0 aliphatic rings. The number of hydrogen-bond donors (Lipinski definition) is 2. The van der Waals surface area contributed by atoms with E-state index < -0.39 is 21.7 Å². The van der Waals surface area contributed by atoms with Gasteiger partial charge in [0.1, 0.15) is 0 Å². The van der Waals surface area contributed by atoms with Crippen molar-refractivity contribution in [3.63, 3.8) is 0 Å². The van der Waals surface area contributed by atoms with Crippen LogP contribution in [0.3, 0.4) is 0 Å². The Morgan fingerprint density at radius 3 is 2.53 bits per heavy atom. The molecular formula is C8H17NO5S. The van der Waals surface area contributed by atoms with Gasteiger partial charge in [0, 0.05) is 20.3 Å². The average Bonchev–Trinajstić information content (AvgIpc) is 2.08. The number of ether oxygens (including phenoxy) is 1. The third kappa shape index (κ3) is 9.64. The smallest absolute Gasteiger partial charge is 0.320 e. The van der Waals surface area contributed by atoms with Gasteiger partial charge in [0.2, 0.25) is 10.0 Å². The molecule has 0 fully saturated rings. The topological polar surface area (TPSA) is 92.7 Å². The predicted octanol–water partition coefficient (Wildman–Crippen LogP) is -0.193. The number of rotatable bonds is 9. The van der Waals surface area contributed by atoms with Gasteiger partial charge in [0.05, 0.1) is 0 Å². The zero-order chi connectivity index (χ0) is 11.7. The monoisotopic (exact) mass is 239 g/mol. The third-order valence-electron chi connectivity index (χ3n) is 1.66. The maximum absolute atomic E-state index is 11.0. The number of nitrogens with one attached hydrogen (secondary N) is 1. The summed E-state index contributed by atoms with van der Waals surface area (Å²) in [7, 11) is -2.05. The summed E-state index contributed by atoms with van der Waals surface area (Å²) >= 11 is 0. The van der Waals surface area contributed by atoms with Gasteiger partial charge in [-0.15, -0.1) is 0 Å². The summed E-state index contributed by atoms with van der Waals surface area (Å²) in [6, 6.07) is 0. The van der Waals surface area contributed by atoms with Crippen molar-refractivity contribution in [2.45, 2.75) is 19.3 Å². The molecule has 0 aliphatic carbocycles. The predicted molar refractivity (Wildman–Crippen MR) is 55.2 cm³/mol. The van der Waals surface area contributed by atoms with Crippen molar-refractivity contribution in [1.82, 2.24) is 4.72 Å². The Labute approximate surface area is 89.7 Å². The number of carbonyl (C=O) groups is 1. The lowest BCUT2D eigenvalue weighted by atomic mass is 10.2. The Kier molecular flexibility index (Phi) is 7.27. The van der Waals surface area contributed by atoms with Gasteiger partial charge in [-0.1, -0.05) is 0 Å². The Morgan fingerprint density at radius 1 is 1.33 bits per heavy atom. The molecule has 0 aromatic heterocycles. The molecule has 0 saturated heterocycles. The fourth-order valence-corrected chi connectivity index (χ4v) is 1.87.